The van der Waals surface area contributed by atoms with Gasteiger partial charge in [0.1, 0.15) is 0 Å². The normalized spacial score (nSPS) is 10.6. The van der Waals surface area contributed by atoms with Crippen molar-refractivity contribution in [3.63, 3.8) is 0 Å². The van der Waals surface area contributed by atoms with Crippen LogP contribution >= 0.6 is 11.6 Å². The molecule has 1 aromatic heterocycles. The van der Waals surface area contributed by atoms with E-state index in [-0.39, 0.29) is 0 Å². The molecule has 0 saturated carbocycles. The lowest BCUT2D eigenvalue weighted by atomic mass is 10.0. The van der Waals surface area contributed by atoms with Crippen molar-refractivity contribution < 1.29 is 9.53 Å². The summed E-state index contributed by atoms with van der Waals surface area (Å²) in [5.41, 5.74) is 1.93. The van der Waals surface area contributed by atoms with E-state index in [1.54, 1.807) is 12.1 Å². The van der Waals surface area contributed by atoms with Crippen LogP contribution in [0.2, 0.25) is 5.02 Å². The van der Waals surface area contributed by atoms with Crippen molar-refractivity contribution in [3.05, 3.63) is 65.3 Å². The van der Waals surface area contributed by atoms with Crippen LogP contribution in [0.1, 0.15) is 10.5 Å². The maximum absolute atomic E-state index is 12.0. The second kappa shape index (κ2) is 5.54. The average Bonchev–Trinajstić information content (AvgIpc) is 2.53. The lowest BCUT2D eigenvalue weighted by molar-refractivity contribution is 0.0596. The fourth-order valence-corrected chi connectivity index (χ4v) is 2.35. The zero-order chi connectivity index (χ0) is 14.8. The van der Waals surface area contributed by atoms with Crippen LogP contribution in [0.3, 0.4) is 0 Å². The van der Waals surface area contributed by atoms with Crippen LogP contribution < -0.4 is 0 Å². The van der Waals surface area contributed by atoms with E-state index in [9.17, 15) is 4.79 Å². The lowest BCUT2D eigenvalue weighted by Crippen LogP contribution is -2.06. The predicted molar refractivity (Wildman–Crippen MR) is 83.5 cm³/mol. The molecule has 0 spiro atoms. The largest absolute Gasteiger partial charge is 0.464 e. The maximum atomic E-state index is 12.0. The highest BCUT2D eigenvalue weighted by atomic mass is 35.5. The minimum atomic E-state index is -0.443. The van der Waals surface area contributed by atoms with Gasteiger partial charge in [0.2, 0.25) is 0 Å². The van der Waals surface area contributed by atoms with Gasteiger partial charge in [0, 0.05) is 16.0 Å². The van der Waals surface area contributed by atoms with Crippen molar-refractivity contribution >= 4 is 28.3 Å². The van der Waals surface area contributed by atoms with E-state index in [4.69, 9.17) is 16.3 Å². The van der Waals surface area contributed by atoms with E-state index in [2.05, 4.69) is 4.98 Å². The Bertz CT molecular complexity index is 813. The number of aromatic nitrogens is 1. The first-order chi connectivity index (χ1) is 10.2. The van der Waals surface area contributed by atoms with Gasteiger partial charge in [-0.05, 0) is 23.6 Å². The topological polar surface area (TPSA) is 39.2 Å². The van der Waals surface area contributed by atoms with Gasteiger partial charge in [-0.15, -0.1) is 0 Å². The highest BCUT2D eigenvalue weighted by molar-refractivity contribution is 6.30. The summed E-state index contributed by atoms with van der Waals surface area (Å²) in [4.78, 5) is 16.4. The van der Waals surface area contributed by atoms with E-state index >= 15 is 0 Å². The second-order valence-electron chi connectivity index (χ2n) is 4.58. The zero-order valence-electron chi connectivity index (χ0n) is 11.3. The third-order valence-electron chi connectivity index (χ3n) is 3.26. The smallest absolute Gasteiger partial charge is 0.357 e. The van der Waals surface area contributed by atoms with Gasteiger partial charge in [0.25, 0.3) is 0 Å². The van der Waals surface area contributed by atoms with E-state index < -0.39 is 5.97 Å². The molecular formula is C17H12ClNO2. The molecule has 21 heavy (non-hydrogen) atoms. The molecule has 3 aromatic rings. The Morgan fingerprint density at radius 2 is 1.81 bits per heavy atom. The number of hydrogen-bond donors (Lipinski definition) is 0. The quantitative estimate of drug-likeness (QED) is 0.660. The summed E-state index contributed by atoms with van der Waals surface area (Å²) in [5, 5.41) is 2.38. The lowest BCUT2D eigenvalue weighted by Gasteiger charge is -2.08. The Hall–Kier alpha value is -2.39. The number of carbonyl (C=O) groups is 1. The molecule has 4 heteroatoms. The van der Waals surface area contributed by atoms with E-state index in [0.717, 1.165) is 16.3 Å². The van der Waals surface area contributed by atoms with E-state index in [1.165, 1.54) is 7.11 Å². The number of benzene rings is 2. The van der Waals surface area contributed by atoms with Gasteiger partial charge < -0.3 is 4.74 Å². The van der Waals surface area contributed by atoms with Crippen molar-refractivity contribution in [2.75, 3.05) is 7.11 Å². The number of fused-ring (bicyclic) bond motifs is 1. The van der Waals surface area contributed by atoms with Crippen LogP contribution in [0, 0.1) is 0 Å². The Morgan fingerprint density at radius 1 is 1.10 bits per heavy atom. The van der Waals surface area contributed by atoms with Crippen LogP contribution in [-0.2, 0) is 4.74 Å². The molecule has 0 aliphatic rings. The molecule has 0 radical (unpaired) electrons. The van der Waals surface area contributed by atoms with Crippen LogP contribution in [0.25, 0.3) is 22.0 Å². The molecular weight excluding hydrogens is 286 g/mol. The number of pyridine rings is 1. The molecule has 0 fully saturated rings. The standard InChI is InChI=1S/C17H12ClNO2/c1-21-17(20)16-14-5-3-2-4-12(14)10-15(19-16)11-6-8-13(18)9-7-11/h2-10H,1H3. The van der Waals surface area contributed by atoms with Gasteiger partial charge in [0.05, 0.1) is 12.8 Å². The monoisotopic (exact) mass is 297 g/mol. The van der Waals surface area contributed by atoms with Gasteiger partial charge >= 0.3 is 5.97 Å². The zero-order valence-corrected chi connectivity index (χ0v) is 12.1. The molecule has 3 rings (SSSR count). The Balaban J connectivity index is 2.25. The minimum absolute atomic E-state index is 0.320. The summed E-state index contributed by atoms with van der Waals surface area (Å²) < 4.78 is 4.83. The number of rotatable bonds is 2. The summed E-state index contributed by atoms with van der Waals surface area (Å²) >= 11 is 5.90. The third kappa shape index (κ3) is 2.60. The van der Waals surface area contributed by atoms with Crippen LogP contribution in [0.4, 0.5) is 0 Å². The first-order valence-corrected chi connectivity index (χ1v) is 6.81. The van der Waals surface area contributed by atoms with Gasteiger partial charge in [-0.3, -0.25) is 0 Å². The molecule has 0 bridgehead atoms. The number of nitrogens with zero attached hydrogens (tertiary/aromatic N) is 1. The first kappa shape index (κ1) is 13.6. The third-order valence-corrected chi connectivity index (χ3v) is 3.51. The van der Waals surface area contributed by atoms with E-state index in [1.807, 2.05) is 42.5 Å². The molecule has 0 amide bonds. The Morgan fingerprint density at radius 3 is 2.52 bits per heavy atom. The molecule has 3 nitrogen and oxygen atoms in total. The van der Waals surface area contributed by atoms with E-state index in [0.29, 0.717) is 16.4 Å². The number of esters is 1. The highest BCUT2D eigenvalue weighted by Gasteiger charge is 2.14. The van der Waals surface area contributed by atoms with Crippen molar-refractivity contribution in [2.24, 2.45) is 0 Å². The summed E-state index contributed by atoms with van der Waals surface area (Å²) in [6.45, 7) is 0. The van der Waals surface area contributed by atoms with Crippen LogP contribution in [0.15, 0.2) is 54.6 Å². The molecule has 2 aromatic carbocycles. The van der Waals surface area contributed by atoms with Crippen molar-refractivity contribution in [3.8, 4) is 11.3 Å². The molecule has 0 aliphatic heterocycles. The minimum Gasteiger partial charge on any atom is -0.464 e. The number of ether oxygens (including phenoxy) is 1. The number of methoxy groups -OCH3 is 1. The van der Waals surface area contributed by atoms with Gasteiger partial charge in [-0.1, -0.05) is 48.0 Å². The maximum Gasteiger partial charge on any atom is 0.357 e. The first-order valence-electron chi connectivity index (χ1n) is 6.43. The molecule has 0 saturated heterocycles. The van der Waals surface area contributed by atoms with Gasteiger partial charge in [-0.25, -0.2) is 9.78 Å². The van der Waals surface area contributed by atoms with Crippen molar-refractivity contribution in [1.82, 2.24) is 4.98 Å². The second-order valence-corrected chi connectivity index (χ2v) is 5.01. The van der Waals surface area contributed by atoms with Crippen LogP contribution in [0.5, 0.6) is 0 Å². The average molecular weight is 298 g/mol. The number of carbonyl (C=O) groups excluding carboxylic acids is 1. The molecule has 0 N–H and O–H groups in total. The molecule has 0 atom stereocenters. The van der Waals surface area contributed by atoms with Crippen molar-refractivity contribution in [1.29, 1.82) is 0 Å². The summed E-state index contributed by atoms with van der Waals surface area (Å²) in [6, 6.07) is 16.9. The molecule has 0 aliphatic carbocycles. The molecule has 1 heterocycles. The predicted octanol–water partition coefficient (Wildman–Crippen LogP) is 4.34. The highest BCUT2D eigenvalue weighted by Crippen LogP contribution is 2.26. The fourth-order valence-electron chi connectivity index (χ4n) is 2.22. The number of hydrogen-bond acceptors (Lipinski definition) is 3. The Kier molecular flexibility index (Phi) is 3.59. The summed E-state index contributed by atoms with van der Waals surface area (Å²) in [5.74, 6) is -0.443. The Labute approximate surface area is 127 Å². The molecule has 0 unspecified atom stereocenters. The summed E-state index contributed by atoms with van der Waals surface area (Å²) in [7, 11) is 1.35. The number of halogens is 1. The fraction of sp³-hybridized carbons (Fsp3) is 0.0588. The molecule has 104 valence electrons. The van der Waals surface area contributed by atoms with Crippen LogP contribution in [-0.4, -0.2) is 18.1 Å². The SMILES string of the molecule is COC(=O)c1nc(-c2ccc(Cl)cc2)cc2ccccc12. The van der Waals surface area contributed by atoms with Gasteiger partial charge in [-0.2, -0.15) is 0 Å². The summed E-state index contributed by atoms with van der Waals surface area (Å²) in [6.07, 6.45) is 0. The van der Waals surface area contributed by atoms with Gasteiger partial charge in [0.15, 0.2) is 5.69 Å². The van der Waals surface area contributed by atoms with Crippen molar-refractivity contribution in [2.45, 2.75) is 0 Å².